The predicted octanol–water partition coefficient (Wildman–Crippen LogP) is 4.18. The number of hydrogen-bond acceptors (Lipinski definition) is 1. The molecule has 0 amide bonds. The van der Waals surface area contributed by atoms with Gasteiger partial charge in [0.25, 0.3) is 0 Å². The second kappa shape index (κ2) is 2.91. The Kier molecular flexibility index (Phi) is 2.18. The molecule has 0 N–H and O–H groups in total. The van der Waals surface area contributed by atoms with Crippen molar-refractivity contribution >= 4 is 8.32 Å². The summed E-state index contributed by atoms with van der Waals surface area (Å²) < 4.78 is 6.23. The topological polar surface area (TPSA) is 9.23 Å². The lowest BCUT2D eigenvalue weighted by Crippen LogP contribution is -2.29. The number of allylic oxidation sites excluding steroid dienone is 2. The first kappa shape index (κ1) is 11.2. The molecule has 2 heteroatoms. The second-order valence-electron chi connectivity index (χ2n) is 6.99. The van der Waals surface area contributed by atoms with Crippen LogP contribution >= 0.6 is 0 Å². The summed E-state index contributed by atoms with van der Waals surface area (Å²) >= 11 is 0. The molecule has 15 heavy (non-hydrogen) atoms. The standard InChI is InChI=1S/C13H24OSi/c1-12(2)10-7-8-13(12,3)9-11(10)14-15(4,5)6/h9-10H,7-8H2,1-6H3/t10-,13+/m1/s1. The van der Waals surface area contributed by atoms with Crippen LogP contribution in [0.1, 0.15) is 33.6 Å². The van der Waals surface area contributed by atoms with Crippen LogP contribution in [0.3, 0.4) is 0 Å². The predicted molar refractivity (Wildman–Crippen MR) is 67.1 cm³/mol. The zero-order valence-corrected chi connectivity index (χ0v) is 12.0. The molecule has 0 spiro atoms. The highest BCUT2D eigenvalue weighted by Gasteiger charge is 2.57. The monoisotopic (exact) mass is 224 g/mol. The molecule has 2 atom stereocenters. The fourth-order valence-corrected chi connectivity index (χ4v) is 4.06. The molecule has 0 heterocycles. The molecule has 86 valence electrons. The van der Waals surface area contributed by atoms with Crippen LogP contribution in [-0.4, -0.2) is 8.32 Å². The number of rotatable bonds is 2. The molecular formula is C13H24OSi. The van der Waals surface area contributed by atoms with Crippen molar-refractivity contribution < 1.29 is 4.43 Å². The van der Waals surface area contributed by atoms with E-state index in [1.807, 2.05) is 0 Å². The van der Waals surface area contributed by atoms with E-state index in [1.54, 1.807) is 0 Å². The summed E-state index contributed by atoms with van der Waals surface area (Å²) in [5, 5.41) is 0. The van der Waals surface area contributed by atoms with E-state index in [4.69, 9.17) is 4.43 Å². The van der Waals surface area contributed by atoms with Crippen LogP contribution < -0.4 is 0 Å². The Morgan fingerprint density at radius 2 is 1.87 bits per heavy atom. The maximum Gasteiger partial charge on any atom is 0.241 e. The molecular weight excluding hydrogens is 200 g/mol. The summed E-state index contributed by atoms with van der Waals surface area (Å²) in [7, 11) is -1.42. The Bertz CT molecular complexity index is 311. The Morgan fingerprint density at radius 1 is 1.27 bits per heavy atom. The summed E-state index contributed by atoms with van der Waals surface area (Å²) in [4.78, 5) is 0. The van der Waals surface area contributed by atoms with Crippen molar-refractivity contribution in [3.63, 3.8) is 0 Å². The van der Waals surface area contributed by atoms with Gasteiger partial charge in [0.05, 0.1) is 5.76 Å². The summed E-state index contributed by atoms with van der Waals surface area (Å²) in [5.74, 6) is 1.99. The van der Waals surface area contributed by atoms with Crippen LogP contribution in [0.25, 0.3) is 0 Å². The molecule has 0 aromatic rings. The van der Waals surface area contributed by atoms with Crippen LogP contribution in [0.15, 0.2) is 11.8 Å². The lowest BCUT2D eigenvalue weighted by Gasteiger charge is -2.33. The van der Waals surface area contributed by atoms with E-state index in [1.165, 1.54) is 18.6 Å². The largest absolute Gasteiger partial charge is 0.547 e. The van der Waals surface area contributed by atoms with Crippen LogP contribution in [0.5, 0.6) is 0 Å². The SMILES string of the molecule is CC1(C)[C@@H]2CC[C@@]1(C)C=C2O[Si](C)(C)C. The minimum atomic E-state index is -1.42. The van der Waals surface area contributed by atoms with Crippen LogP contribution in [0, 0.1) is 16.7 Å². The maximum absolute atomic E-state index is 6.23. The van der Waals surface area contributed by atoms with Crippen molar-refractivity contribution in [2.24, 2.45) is 16.7 Å². The molecule has 0 unspecified atom stereocenters. The lowest BCUT2D eigenvalue weighted by atomic mass is 9.70. The van der Waals surface area contributed by atoms with Gasteiger partial charge < -0.3 is 4.43 Å². The summed E-state index contributed by atoms with van der Waals surface area (Å²) in [6.07, 6.45) is 5.09. The molecule has 1 fully saturated rings. The molecule has 2 aliphatic carbocycles. The highest BCUT2D eigenvalue weighted by Crippen LogP contribution is 2.64. The van der Waals surface area contributed by atoms with Gasteiger partial charge in [0, 0.05) is 5.92 Å². The van der Waals surface area contributed by atoms with Gasteiger partial charge in [-0.05, 0) is 49.4 Å². The first-order valence-electron chi connectivity index (χ1n) is 6.07. The normalized spacial score (nSPS) is 38.0. The van der Waals surface area contributed by atoms with E-state index in [0.717, 1.165) is 0 Å². The van der Waals surface area contributed by atoms with Crippen molar-refractivity contribution in [3.8, 4) is 0 Å². The van der Waals surface area contributed by atoms with Gasteiger partial charge in [0.15, 0.2) is 0 Å². The van der Waals surface area contributed by atoms with Gasteiger partial charge in [0.2, 0.25) is 8.32 Å². The van der Waals surface area contributed by atoms with Crippen molar-refractivity contribution in [1.29, 1.82) is 0 Å². The van der Waals surface area contributed by atoms with Crippen molar-refractivity contribution in [3.05, 3.63) is 11.8 Å². The molecule has 2 aliphatic rings. The average molecular weight is 224 g/mol. The van der Waals surface area contributed by atoms with Crippen molar-refractivity contribution in [1.82, 2.24) is 0 Å². The van der Waals surface area contributed by atoms with E-state index < -0.39 is 8.32 Å². The minimum absolute atomic E-state index is 0.382. The van der Waals surface area contributed by atoms with E-state index in [2.05, 4.69) is 46.5 Å². The van der Waals surface area contributed by atoms with Gasteiger partial charge in [-0.1, -0.05) is 20.8 Å². The third kappa shape index (κ3) is 1.57. The van der Waals surface area contributed by atoms with Gasteiger partial charge in [-0.3, -0.25) is 0 Å². The molecule has 0 aromatic heterocycles. The minimum Gasteiger partial charge on any atom is -0.547 e. The first-order chi connectivity index (χ1) is 6.66. The van der Waals surface area contributed by atoms with Crippen LogP contribution in [0.4, 0.5) is 0 Å². The highest BCUT2D eigenvalue weighted by atomic mass is 28.4. The molecule has 0 aromatic carbocycles. The van der Waals surface area contributed by atoms with E-state index in [9.17, 15) is 0 Å². The Hall–Kier alpha value is -0.243. The summed E-state index contributed by atoms with van der Waals surface area (Å²) in [5.41, 5.74) is 0.786. The highest BCUT2D eigenvalue weighted by molar-refractivity contribution is 6.70. The summed E-state index contributed by atoms with van der Waals surface area (Å²) in [6, 6.07) is 0. The molecule has 2 rings (SSSR count). The van der Waals surface area contributed by atoms with Gasteiger partial charge in [-0.15, -0.1) is 0 Å². The molecule has 2 bridgehead atoms. The van der Waals surface area contributed by atoms with Crippen LogP contribution in [0.2, 0.25) is 19.6 Å². The van der Waals surface area contributed by atoms with E-state index >= 15 is 0 Å². The van der Waals surface area contributed by atoms with Gasteiger partial charge in [-0.2, -0.15) is 0 Å². The number of hydrogen-bond donors (Lipinski definition) is 0. The summed E-state index contributed by atoms with van der Waals surface area (Å²) in [6.45, 7) is 14.0. The van der Waals surface area contributed by atoms with Crippen molar-refractivity contribution in [2.45, 2.75) is 53.3 Å². The average Bonchev–Trinajstić information content (AvgIpc) is 2.29. The third-order valence-electron chi connectivity index (χ3n) is 4.52. The van der Waals surface area contributed by atoms with Gasteiger partial charge >= 0.3 is 0 Å². The van der Waals surface area contributed by atoms with Crippen LogP contribution in [-0.2, 0) is 4.43 Å². The van der Waals surface area contributed by atoms with Gasteiger partial charge in [-0.25, -0.2) is 0 Å². The third-order valence-corrected chi connectivity index (χ3v) is 5.37. The second-order valence-corrected chi connectivity index (χ2v) is 11.4. The fraction of sp³-hybridized carbons (Fsp3) is 0.846. The lowest BCUT2D eigenvalue weighted by molar-refractivity contribution is 0.167. The Balaban J connectivity index is 2.26. The first-order valence-corrected chi connectivity index (χ1v) is 9.48. The Labute approximate surface area is 95.0 Å². The molecule has 1 nitrogen and oxygen atoms in total. The molecule has 0 aliphatic heterocycles. The molecule has 0 saturated heterocycles. The molecule has 1 saturated carbocycles. The zero-order chi connectivity index (χ0) is 11.5. The molecule has 0 radical (unpaired) electrons. The smallest absolute Gasteiger partial charge is 0.241 e. The fourth-order valence-electron chi connectivity index (χ4n) is 3.15. The van der Waals surface area contributed by atoms with Crippen molar-refractivity contribution in [2.75, 3.05) is 0 Å². The van der Waals surface area contributed by atoms with E-state index in [-0.39, 0.29) is 0 Å². The van der Waals surface area contributed by atoms with Gasteiger partial charge in [0.1, 0.15) is 0 Å². The Morgan fingerprint density at radius 3 is 2.20 bits per heavy atom. The quantitative estimate of drug-likeness (QED) is 0.639. The maximum atomic E-state index is 6.23. The number of fused-ring (bicyclic) bond motifs is 2. The zero-order valence-electron chi connectivity index (χ0n) is 11.0. The van der Waals surface area contributed by atoms with E-state index in [0.29, 0.717) is 16.7 Å².